The number of carboxylic acids is 1. The monoisotopic (exact) mass is 221 g/mol. The van der Waals surface area contributed by atoms with Gasteiger partial charge in [0.15, 0.2) is 0 Å². The van der Waals surface area contributed by atoms with Crippen molar-refractivity contribution in [2.75, 3.05) is 0 Å². The van der Waals surface area contributed by atoms with Crippen LogP contribution in [0.4, 0.5) is 0 Å². The van der Waals surface area contributed by atoms with Crippen molar-refractivity contribution in [3.63, 3.8) is 0 Å². The summed E-state index contributed by atoms with van der Waals surface area (Å²) in [6, 6.07) is 6.98. The quantitative estimate of drug-likeness (QED) is 0.812. The van der Waals surface area contributed by atoms with Crippen molar-refractivity contribution in [3.05, 3.63) is 35.4 Å². The van der Waals surface area contributed by atoms with E-state index in [1.165, 1.54) is 6.92 Å². The summed E-state index contributed by atoms with van der Waals surface area (Å²) in [6.07, 6.45) is -0.107. The lowest BCUT2D eigenvalue weighted by molar-refractivity contribution is -0.137. The SMILES string of the molecule is CC(=O)N[C@@H](CC(=O)O)c1ccccc1C. The number of nitrogens with one attached hydrogen (secondary N) is 1. The van der Waals surface area contributed by atoms with Gasteiger partial charge >= 0.3 is 5.97 Å². The summed E-state index contributed by atoms with van der Waals surface area (Å²) in [5, 5.41) is 11.4. The average molecular weight is 221 g/mol. The Bertz CT molecular complexity index is 385. The molecule has 0 aromatic heterocycles. The summed E-state index contributed by atoms with van der Waals surface area (Å²) < 4.78 is 0. The molecule has 0 aliphatic rings. The summed E-state index contributed by atoms with van der Waals surface area (Å²) in [7, 11) is 0. The standard InChI is InChI=1S/C12H15NO3/c1-8-5-3-4-6-10(8)11(7-12(15)16)13-9(2)14/h3-6,11H,7H2,1-2H3,(H,13,14)(H,15,16)/t11-/m0/s1. The van der Waals surface area contributed by atoms with Crippen LogP contribution >= 0.6 is 0 Å². The first-order valence-corrected chi connectivity index (χ1v) is 5.05. The first-order valence-electron chi connectivity index (χ1n) is 5.05. The molecule has 1 atom stereocenters. The number of aryl methyl sites for hydroxylation is 1. The average Bonchev–Trinajstić information content (AvgIpc) is 2.15. The normalized spacial score (nSPS) is 11.9. The van der Waals surface area contributed by atoms with Crippen LogP contribution < -0.4 is 5.32 Å². The highest BCUT2D eigenvalue weighted by molar-refractivity contribution is 5.75. The van der Waals surface area contributed by atoms with E-state index >= 15 is 0 Å². The molecular formula is C12H15NO3. The molecule has 0 saturated heterocycles. The predicted molar refractivity (Wildman–Crippen MR) is 60.0 cm³/mol. The number of amides is 1. The van der Waals surface area contributed by atoms with Crippen molar-refractivity contribution in [2.24, 2.45) is 0 Å². The molecule has 0 aliphatic heterocycles. The highest BCUT2D eigenvalue weighted by atomic mass is 16.4. The van der Waals surface area contributed by atoms with E-state index in [0.29, 0.717) is 0 Å². The number of hydrogen-bond acceptors (Lipinski definition) is 2. The number of aliphatic carboxylic acids is 1. The Morgan fingerprint density at radius 1 is 1.38 bits per heavy atom. The van der Waals surface area contributed by atoms with Crippen LogP contribution in [0.1, 0.15) is 30.5 Å². The highest BCUT2D eigenvalue weighted by Gasteiger charge is 2.17. The molecule has 16 heavy (non-hydrogen) atoms. The number of hydrogen-bond donors (Lipinski definition) is 2. The number of benzene rings is 1. The minimum Gasteiger partial charge on any atom is -0.481 e. The lowest BCUT2D eigenvalue weighted by Gasteiger charge is -2.18. The van der Waals surface area contributed by atoms with Gasteiger partial charge in [-0.25, -0.2) is 0 Å². The smallest absolute Gasteiger partial charge is 0.305 e. The first kappa shape index (κ1) is 12.2. The number of rotatable bonds is 4. The minimum atomic E-state index is -0.929. The number of carboxylic acid groups (broad SMARTS) is 1. The van der Waals surface area contributed by atoms with E-state index in [2.05, 4.69) is 5.32 Å². The van der Waals surface area contributed by atoms with E-state index in [1.54, 1.807) is 0 Å². The Kier molecular flexibility index (Phi) is 4.05. The van der Waals surface area contributed by atoms with Crippen molar-refractivity contribution < 1.29 is 14.7 Å². The summed E-state index contributed by atoms with van der Waals surface area (Å²) >= 11 is 0. The van der Waals surface area contributed by atoms with Gasteiger partial charge in [-0.3, -0.25) is 9.59 Å². The molecule has 1 aromatic carbocycles. The second-order valence-corrected chi connectivity index (χ2v) is 3.71. The molecular weight excluding hydrogens is 206 g/mol. The molecule has 0 fully saturated rings. The summed E-state index contributed by atoms with van der Waals surface area (Å²) in [6.45, 7) is 3.28. The second-order valence-electron chi connectivity index (χ2n) is 3.71. The Balaban J connectivity index is 2.96. The van der Waals surface area contributed by atoms with Gasteiger partial charge in [0.1, 0.15) is 0 Å². The van der Waals surface area contributed by atoms with E-state index < -0.39 is 12.0 Å². The van der Waals surface area contributed by atoms with Gasteiger partial charge in [0.2, 0.25) is 5.91 Å². The van der Waals surface area contributed by atoms with Crippen molar-refractivity contribution in [3.8, 4) is 0 Å². The molecule has 2 N–H and O–H groups in total. The van der Waals surface area contributed by atoms with Crippen LogP contribution in [0.25, 0.3) is 0 Å². The molecule has 0 bridgehead atoms. The van der Waals surface area contributed by atoms with E-state index in [4.69, 9.17) is 5.11 Å². The lowest BCUT2D eigenvalue weighted by atomic mass is 9.99. The van der Waals surface area contributed by atoms with Crippen LogP contribution in [-0.2, 0) is 9.59 Å². The second kappa shape index (κ2) is 5.30. The summed E-state index contributed by atoms with van der Waals surface area (Å²) in [5.41, 5.74) is 1.82. The molecule has 1 amide bonds. The van der Waals surface area contributed by atoms with Gasteiger partial charge in [0.25, 0.3) is 0 Å². The van der Waals surface area contributed by atoms with Crippen LogP contribution in [0, 0.1) is 6.92 Å². The number of carbonyl (C=O) groups excluding carboxylic acids is 1. The maximum atomic E-state index is 11.0. The fourth-order valence-corrected chi connectivity index (χ4v) is 1.64. The third kappa shape index (κ3) is 3.38. The van der Waals surface area contributed by atoms with Gasteiger partial charge in [-0.15, -0.1) is 0 Å². The zero-order valence-electron chi connectivity index (χ0n) is 9.36. The molecule has 86 valence electrons. The summed E-state index contributed by atoms with van der Waals surface area (Å²) in [5.74, 6) is -1.16. The molecule has 1 aromatic rings. The Labute approximate surface area is 94.3 Å². The molecule has 0 aliphatic carbocycles. The van der Waals surface area contributed by atoms with Gasteiger partial charge in [-0.1, -0.05) is 24.3 Å². The van der Waals surface area contributed by atoms with Crippen molar-refractivity contribution >= 4 is 11.9 Å². The Morgan fingerprint density at radius 3 is 2.50 bits per heavy atom. The van der Waals surface area contributed by atoms with Gasteiger partial charge in [-0.2, -0.15) is 0 Å². The molecule has 0 saturated carbocycles. The Morgan fingerprint density at radius 2 is 2.00 bits per heavy atom. The van der Waals surface area contributed by atoms with Crippen LogP contribution in [0.2, 0.25) is 0 Å². The van der Waals surface area contributed by atoms with Crippen molar-refractivity contribution in [2.45, 2.75) is 26.3 Å². The fraction of sp³-hybridized carbons (Fsp3) is 0.333. The topological polar surface area (TPSA) is 66.4 Å². The van der Waals surface area contributed by atoms with Crippen LogP contribution in [0.15, 0.2) is 24.3 Å². The van der Waals surface area contributed by atoms with Gasteiger partial charge in [0, 0.05) is 6.92 Å². The predicted octanol–water partition coefficient (Wildman–Crippen LogP) is 1.65. The molecule has 4 heteroatoms. The maximum absolute atomic E-state index is 11.0. The van der Waals surface area contributed by atoms with Crippen LogP contribution in [-0.4, -0.2) is 17.0 Å². The molecule has 4 nitrogen and oxygen atoms in total. The zero-order chi connectivity index (χ0) is 12.1. The molecule has 1 rings (SSSR count). The lowest BCUT2D eigenvalue weighted by Crippen LogP contribution is -2.28. The van der Waals surface area contributed by atoms with Crippen LogP contribution in [0.3, 0.4) is 0 Å². The number of carbonyl (C=O) groups is 2. The van der Waals surface area contributed by atoms with Gasteiger partial charge in [0.05, 0.1) is 12.5 Å². The molecule has 0 unspecified atom stereocenters. The van der Waals surface area contributed by atoms with E-state index in [1.807, 2.05) is 31.2 Å². The van der Waals surface area contributed by atoms with Crippen molar-refractivity contribution in [1.82, 2.24) is 5.32 Å². The minimum absolute atomic E-state index is 0.107. The summed E-state index contributed by atoms with van der Waals surface area (Å²) in [4.78, 5) is 21.7. The third-order valence-corrected chi connectivity index (χ3v) is 2.32. The van der Waals surface area contributed by atoms with E-state index in [0.717, 1.165) is 11.1 Å². The fourth-order valence-electron chi connectivity index (χ4n) is 1.64. The van der Waals surface area contributed by atoms with E-state index in [-0.39, 0.29) is 12.3 Å². The van der Waals surface area contributed by atoms with Gasteiger partial charge < -0.3 is 10.4 Å². The van der Waals surface area contributed by atoms with Gasteiger partial charge in [-0.05, 0) is 18.1 Å². The van der Waals surface area contributed by atoms with Crippen molar-refractivity contribution in [1.29, 1.82) is 0 Å². The maximum Gasteiger partial charge on any atom is 0.305 e. The third-order valence-electron chi connectivity index (χ3n) is 2.32. The first-order chi connectivity index (χ1) is 7.50. The van der Waals surface area contributed by atoms with E-state index in [9.17, 15) is 9.59 Å². The molecule has 0 spiro atoms. The zero-order valence-corrected chi connectivity index (χ0v) is 9.36. The highest BCUT2D eigenvalue weighted by Crippen LogP contribution is 2.20. The largest absolute Gasteiger partial charge is 0.481 e. The molecule has 0 heterocycles. The Hall–Kier alpha value is -1.84. The molecule has 0 radical (unpaired) electrons. The van der Waals surface area contributed by atoms with Crippen LogP contribution in [0.5, 0.6) is 0 Å².